The van der Waals surface area contributed by atoms with Gasteiger partial charge in [-0.2, -0.15) is 0 Å². The molecule has 2 atom stereocenters. The number of rotatable bonds is 6. The van der Waals surface area contributed by atoms with E-state index in [0.29, 0.717) is 30.2 Å². The highest BCUT2D eigenvalue weighted by Gasteiger charge is 2.29. The highest BCUT2D eigenvalue weighted by Crippen LogP contribution is 2.27. The Labute approximate surface area is 133 Å². The number of para-hydroxylation sites is 2. The van der Waals surface area contributed by atoms with Crippen LogP contribution in [0.25, 0.3) is 0 Å². The zero-order chi connectivity index (χ0) is 15.9. The van der Waals surface area contributed by atoms with Gasteiger partial charge in [-0.05, 0) is 51.7 Å². The SMILES string of the molecule is CCCOc1ccccc1OCC(=O)N1[C@H](C)CCC[C@@H]1C. The average Bonchev–Trinajstić information content (AvgIpc) is 2.51. The molecule has 1 heterocycles. The van der Waals surface area contributed by atoms with Gasteiger partial charge in [0.2, 0.25) is 0 Å². The number of amides is 1. The summed E-state index contributed by atoms with van der Waals surface area (Å²) in [6.07, 6.45) is 4.29. The monoisotopic (exact) mass is 305 g/mol. The van der Waals surface area contributed by atoms with Crippen molar-refractivity contribution in [1.29, 1.82) is 0 Å². The topological polar surface area (TPSA) is 38.8 Å². The molecule has 1 saturated heterocycles. The normalized spacial score (nSPS) is 21.5. The largest absolute Gasteiger partial charge is 0.490 e. The van der Waals surface area contributed by atoms with Crippen LogP contribution < -0.4 is 9.47 Å². The van der Waals surface area contributed by atoms with E-state index in [1.807, 2.05) is 29.2 Å². The highest BCUT2D eigenvalue weighted by molar-refractivity contribution is 5.78. The Morgan fingerprint density at radius 3 is 2.32 bits per heavy atom. The molecule has 1 aliphatic heterocycles. The molecule has 4 heteroatoms. The van der Waals surface area contributed by atoms with Crippen molar-refractivity contribution in [3.8, 4) is 11.5 Å². The molecule has 0 radical (unpaired) electrons. The number of piperidine rings is 1. The number of nitrogens with zero attached hydrogens (tertiary/aromatic N) is 1. The summed E-state index contributed by atoms with van der Waals surface area (Å²) in [5, 5.41) is 0. The Kier molecular flexibility index (Phi) is 6.10. The number of benzene rings is 1. The summed E-state index contributed by atoms with van der Waals surface area (Å²) in [6.45, 7) is 7.01. The number of hydrogen-bond acceptors (Lipinski definition) is 3. The van der Waals surface area contributed by atoms with Crippen molar-refractivity contribution in [1.82, 2.24) is 4.90 Å². The maximum absolute atomic E-state index is 12.5. The molecule has 22 heavy (non-hydrogen) atoms. The molecule has 1 aromatic rings. The van der Waals surface area contributed by atoms with Gasteiger partial charge in [0, 0.05) is 12.1 Å². The highest BCUT2D eigenvalue weighted by atomic mass is 16.5. The van der Waals surface area contributed by atoms with Crippen LogP contribution in [0.4, 0.5) is 0 Å². The Balaban J connectivity index is 1.96. The minimum absolute atomic E-state index is 0.0602. The summed E-state index contributed by atoms with van der Waals surface area (Å²) >= 11 is 0. The molecular formula is C18H27NO3. The first-order chi connectivity index (χ1) is 10.6. The fourth-order valence-corrected chi connectivity index (χ4v) is 3.03. The second-order valence-corrected chi connectivity index (χ2v) is 6.01. The van der Waals surface area contributed by atoms with Crippen molar-refractivity contribution < 1.29 is 14.3 Å². The van der Waals surface area contributed by atoms with Crippen LogP contribution in [0.3, 0.4) is 0 Å². The van der Waals surface area contributed by atoms with Gasteiger partial charge in [-0.3, -0.25) is 4.79 Å². The molecular weight excluding hydrogens is 278 g/mol. The first-order valence-electron chi connectivity index (χ1n) is 8.29. The number of carbonyl (C=O) groups is 1. The van der Waals surface area contributed by atoms with Crippen LogP contribution in [0, 0.1) is 0 Å². The summed E-state index contributed by atoms with van der Waals surface area (Å²) in [5.74, 6) is 1.41. The van der Waals surface area contributed by atoms with E-state index in [2.05, 4.69) is 20.8 Å². The van der Waals surface area contributed by atoms with Crippen molar-refractivity contribution >= 4 is 5.91 Å². The zero-order valence-electron chi connectivity index (χ0n) is 13.9. The maximum atomic E-state index is 12.5. The number of likely N-dealkylation sites (tertiary alicyclic amines) is 1. The Morgan fingerprint density at radius 1 is 1.14 bits per heavy atom. The third-order valence-corrected chi connectivity index (χ3v) is 4.14. The molecule has 0 unspecified atom stereocenters. The molecule has 0 spiro atoms. The van der Waals surface area contributed by atoms with E-state index < -0.39 is 0 Å². The summed E-state index contributed by atoms with van der Waals surface area (Å²) in [7, 11) is 0. The van der Waals surface area contributed by atoms with Gasteiger partial charge >= 0.3 is 0 Å². The quantitative estimate of drug-likeness (QED) is 0.805. The molecule has 0 saturated carbocycles. The van der Waals surface area contributed by atoms with Gasteiger partial charge < -0.3 is 14.4 Å². The van der Waals surface area contributed by atoms with Crippen LogP contribution in [0.2, 0.25) is 0 Å². The average molecular weight is 305 g/mol. The lowest BCUT2D eigenvalue weighted by Crippen LogP contribution is -2.49. The van der Waals surface area contributed by atoms with Gasteiger partial charge in [-0.1, -0.05) is 19.1 Å². The molecule has 1 aromatic carbocycles. The summed E-state index contributed by atoms with van der Waals surface area (Å²) < 4.78 is 11.4. The number of ether oxygens (including phenoxy) is 2. The van der Waals surface area contributed by atoms with Gasteiger partial charge in [-0.25, -0.2) is 0 Å². The third-order valence-electron chi connectivity index (χ3n) is 4.14. The molecule has 4 nitrogen and oxygen atoms in total. The van der Waals surface area contributed by atoms with Gasteiger partial charge in [0.15, 0.2) is 18.1 Å². The van der Waals surface area contributed by atoms with E-state index in [-0.39, 0.29) is 12.5 Å². The van der Waals surface area contributed by atoms with Gasteiger partial charge in [0.25, 0.3) is 5.91 Å². The summed E-state index contributed by atoms with van der Waals surface area (Å²) in [5.41, 5.74) is 0. The van der Waals surface area contributed by atoms with E-state index in [4.69, 9.17) is 9.47 Å². The van der Waals surface area contributed by atoms with Crippen molar-refractivity contribution in [2.45, 2.75) is 58.5 Å². The van der Waals surface area contributed by atoms with Crippen molar-refractivity contribution in [3.63, 3.8) is 0 Å². The second kappa shape index (κ2) is 8.06. The number of hydrogen-bond donors (Lipinski definition) is 0. The van der Waals surface area contributed by atoms with E-state index in [1.165, 1.54) is 6.42 Å². The van der Waals surface area contributed by atoms with E-state index in [0.717, 1.165) is 19.3 Å². The molecule has 0 bridgehead atoms. The first kappa shape index (κ1) is 16.7. The smallest absolute Gasteiger partial charge is 0.260 e. The Morgan fingerprint density at radius 2 is 1.73 bits per heavy atom. The summed E-state index contributed by atoms with van der Waals surface area (Å²) in [6, 6.07) is 8.13. The first-order valence-corrected chi connectivity index (χ1v) is 8.29. The van der Waals surface area contributed by atoms with Crippen LogP contribution in [0.1, 0.15) is 46.5 Å². The zero-order valence-corrected chi connectivity index (χ0v) is 13.9. The minimum atomic E-state index is 0.0602. The van der Waals surface area contributed by atoms with Crippen molar-refractivity contribution in [2.24, 2.45) is 0 Å². The van der Waals surface area contributed by atoms with Crippen LogP contribution in [0.15, 0.2) is 24.3 Å². The minimum Gasteiger partial charge on any atom is -0.490 e. The fourth-order valence-electron chi connectivity index (χ4n) is 3.03. The molecule has 1 aliphatic rings. The standard InChI is InChI=1S/C18H27NO3/c1-4-12-21-16-10-5-6-11-17(16)22-13-18(20)19-14(2)8-7-9-15(19)3/h5-6,10-11,14-15H,4,7-9,12-13H2,1-3H3/t14-,15+. The molecule has 122 valence electrons. The molecule has 0 N–H and O–H groups in total. The van der Waals surface area contributed by atoms with Crippen LogP contribution in [-0.4, -0.2) is 36.1 Å². The Bertz CT molecular complexity index is 479. The summed E-state index contributed by atoms with van der Waals surface area (Å²) in [4.78, 5) is 14.4. The fraction of sp³-hybridized carbons (Fsp3) is 0.611. The van der Waals surface area contributed by atoms with Crippen molar-refractivity contribution in [3.05, 3.63) is 24.3 Å². The molecule has 1 amide bonds. The van der Waals surface area contributed by atoms with Gasteiger partial charge in [-0.15, -0.1) is 0 Å². The number of carbonyl (C=O) groups excluding carboxylic acids is 1. The van der Waals surface area contributed by atoms with Gasteiger partial charge in [0.05, 0.1) is 6.61 Å². The lowest BCUT2D eigenvalue weighted by molar-refractivity contribution is -0.139. The van der Waals surface area contributed by atoms with E-state index >= 15 is 0 Å². The van der Waals surface area contributed by atoms with Crippen LogP contribution in [-0.2, 0) is 4.79 Å². The molecule has 1 fully saturated rings. The van der Waals surface area contributed by atoms with Gasteiger partial charge in [0.1, 0.15) is 0 Å². The van der Waals surface area contributed by atoms with Crippen LogP contribution >= 0.6 is 0 Å². The second-order valence-electron chi connectivity index (χ2n) is 6.01. The lowest BCUT2D eigenvalue weighted by Gasteiger charge is -2.39. The predicted octanol–water partition coefficient (Wildman–Crippen LogP) is 3.64. The predicted molar refractivity (Wildman–Crippen MR) is 87.3 cm³/mol. The Hall–Kier alpha value is -1.71. The van der Waals surface area contributed by atoms with Crippen molar-refractivity contribution in [2.75, 3.05) is 13.2 Å². The van der Waals surface area contributed by atoms with Crippen LogP contribution in [0.5, 0.6) is 11.5 Å². The molecule has 0 aliphatic carbocycles. The lowest BCUT2D eigenvalue weighted by atomic mass is 9.97. The van der Waals surface area contributed by atoms with E-state index in [1.54, 1.807) is 0 Å². The van der Waals surface area contributed by atoms with E-state index in [9.17, 15) is 4.79 Å². The molecule has 0 aromatic heterocycles. The molecule has 2 rings (SSSR count). The third kappa shape index (κ3) is 4.15. The maximum Gasteiger partial charge on any atom is 0.260 e.